The van der Waals surface area contributed by atoms with E-state index < -0.39 is 12.0 Å². The smallest absolute Gasteiger partial charge is 0.320 e. The molecule has 8 nitrogen and oxygen atoms in total. The summed E-state index contributed by atoms with van der Waals surface area (Å²) < 4.78 is 0. The molecule has 2 rings (SSSR count). The number of hydrogen-bond donors (Lipinski definition) is 2. The van der Waals surface area contributed by atoms with Crippen molar-refractivity contribution < 1.29 is 9.90 Å². The topological polar surface area (TPSA) is 118 Å². The molecule has 2 aromatic rings. The number of nitrogens with two attached hydrogens (primary N) is 1. The van der Waals surface area contributed by atoms with Gasteiger partial charge in [0.05, 0.1) is 13.1 Å². The Morgan fingerprint density at radius 1 is 1.04 bits per heavy atom. The number of aromatic nitrogens is 4. The summed E-state index contributed by atoms with van der Waals surface area (Å²) in [4.78, 5) is 29.7. The van der Waals surface area contributed by atoms with Crippen molar-refractivity contribution in [2.75, 3.05) is 6.54 Å². The van der Waals surface area contributed by atoms with Crippen LogP contribution in [0.15, 0.2) is 36.9 Å². The van der Waals surface area contributed by atoms with Crippen LogP contribution >= 0.6 is 0 Å². The zero-order valence-electron chi connectivity index (χ0n) is 12.7. The predicted molar refractivity (Wildman–Crippen MR) is 83.0 cm³/mol. The van der Waals surface area contributed by atoms with E-state index in [1.807, 2.05) is 0 Å². The molecule has 0 fully saturated rings. The quantitative estimate of drug-likeness (QED) is 0.685. The van der Waals surface area contributed by atoms with Crippen LogP contribution in [0, 0.1) is 0 Å². The number of nitrogens with zero attached hydrogens (tertiary/aromatic N) is 5. The number of carboxylic acids is 1. The van der Waals surface area contributed by atoms with Crippen LogP contribution < -0.4 is 5.73 Å². The maximum absolute atomic E-state index is 10.8. The summed E-state index contributed by atoms with van der Waals surface area (Å²) in [5, 5.41) is 8.84. The highest BCUT2D eigenvalue weighted by atomic mass is 16.4. The second kappa shape index (κ2) is 8.86. The number of carboxylic acid groups (broad SMARTS) is 1. The van der Waals surface area contributed by atoms with Gasteiger partial charge in [0.25, 0.3) is 0 Å². The average molecular weight is 316 g/mol. The first-order valence-electron chi connectivity index (χ1n) is 7.37. The van der Waals surface area contributed by atoms with E-state index >= 15 is 0 Å². The lowest BCUT2D eigenvalue weighted by Crippen LogP contribution is -2.32. The monoisotopic (exact) mass is 316 g/mol. The Morgan fingerprint density at radius 2 is 1.52 bits per heavy atom. The van der Waals surface area contributed by atoms with Gasteiger partial charge >= 0.3 is 5.97 Å². The second-order valence-electron chi connectivity index (χ2n) is 5.13. The average Bonchev–Trinajstić information content (AvgIpc) is 2.56. The molecule has 1 atom stereocenters. The molecule has 0 radical (unpaired) electrons. The summed E-state index contributed by atoms with van der Waals surface area (Å²) in [6.45, 7) is 1.75. The van der Waals surface area contributed by atoms with E-state index in [0.29, 0.717) is 44.1 Å². The molecule has 1 unspecified atom stereocenters. The van der Waals surface area contributed by atoms with Gasteiger partial charge in [-0.05, 0) is 31.5 Å². The Bertz CT molecular complexity index is 554. The minimum absolute atomic E-state index is 0.414. The molecule has 0 amide bonds. The summed E-state index contributed by atoms with van der Waals surface area (Å²) in [7, 11) is 0. The molecule has 0 aliphatic rings. The van der Waals surface area contributed by atoms with Gasteiger partial charge < -0.3 is 10.8 Å². The summed E-state index contributed by atoms with van der Waals surface area (Å²) in [5.41, 5.74) is 5.54. The number of hydrogen-bond acceptors (Lipinski definition) is 7. The molecule has 0 aliphatic heterocycles. The molecule has 2 heterocycles. The fraction of sp³-hybridized carbons (Fsp3) is 0.400. The molecule has 0 bridgehead atoms. The van der Waals surface area contributed by atoms with Crippen LogP contribution in [-0.4, -0.2) is 48.5 Å². The van der Waals surface area contributed by atoms with E-state index in [9.17, 15) is 4.79 Å². The molecule has 8 heteroatoms. The van der Waals surface area contributed by atoms with Gasteiger partial charge in [0, 0.05) is 24.8 Å². The molecule has 122 valence electrons. The molecule has 0 spiro atoms. The highest BCUT2D eigenvalue weighted by molar-refractivity contribution is 5.72. The van der Waals surface area contributed by atoms with Crippen LogP contribution in [0.3, 0.4) is 0 Å². The minimum atomic E-state index is -0.977. The van der Waals surface area contributed by atoms with Crippen molar-refractivity contribution in [1.29, 1.82) is 0 Å². The van der Waals surface area contributed by atoms with Crippen LogP contribution in [0.25, 0.3) is 0 Å². The summed E-state index contributed by atoms with van der Waals surface area (Å²) in [5.74, 6) is 0.422. The van der Waals surface area contributed by atoms with Crippen molar-refractivity contribution >= 4 is 5.97 Å². The van der Waals surface area contributed by atoms with Gasteiger partial charge in [-0.15, -0.1) is 0 Å². The van der Waals surface area contributed by atoms with E-state index in [-0.39, 0.29) is 0 Å². The Morgan fingerprint density at radius 3 is 1.96 bits per heavy atom. The Kier molecular flexibility index (Phi) is 6.52. The molecule has 0 aliphatic carbocycles. The van der Waals surface area contributed by atoms with E-state index in [0.717, 1.165) is 0 Å². The van der Waals surface area contributed by atoms with Crippen LogP contribution in [0.4, 0.5) is 0 Å². The fourth-order valence-electron chi connectivity index (χ4n) is 2.10. The van der Waals surface area contributed by atoms with Crippen molar-refractivity contribution in [3.8, 4) is 0 Å². The lowest BCUT2D eigenvalue weighted by atomic mass is 10.1. The molecule has 0 aromatic carbocycles. The lowest BCUT2D eigenvalue weighted by molar-refractivity contribution is -0.138. The number of rotatable bonds is 9. The van der Waals surface area contributed by atoms with Gasteiger partial charge in [-0.1, -0.05) is 0 Å². The number of carbonyl (C=O) groups is 1. The van der Waals surface area contributed by atoms with Gasteiger partial charge in [0.2, 0.25) is 0 Å². The lowest BCUT2D eigenvalue weighted by Gasteiger charge is -2.21. The molecule has 0 saturated carbocycles. The molecule has 23 heavy (non-hydrogen) atoms. The van der Waals surface area contributed by atoms with Crippen LogP contribution in [0.5, 0.6) is 0 Å². The summed E-state index contributed by atoms with van der Waals surface area (Å²) >= 11 is 0. The SMILES string of the molecule is NC(CCCN(Cc1ncccn1)Cc1ncccn1)C(=O)O. The molecular weight excluding hydrogens is 296 g/mol. The zero-order valence-corrected chi connectivity index (χ0v) is 12.7. The fourth-order valence-corrected chi connectivity index (χ4v) is 2.10. The summed E-state index contributed by atoms with van der Waals surface area (Å²) in [6.07, 6.45) is 7.85. The van der Waals surface area contributed by atoms with Gasteiger partial charge in [-0.2, -0.15) is 0 Å². The molecule has 2 aromatic heterocycles. The van der Waals surface area contributed by atoms with E-state index in [2.05, 4.69) is 24.8 Å². The van der Waals surface area contributed by atoms with Crippen molar-refractivity contribution in [2.24, 2.45) is 5.73 Å². The van der Waals surface area contributed by atoms with Crippen molar-refractivity contribution in [3.05, 3.63) is 48.6 Å². The van der Waals surface area contributed by atoms with Gasteiger partial charge in [0.15, 0.2) is 0 Å². The third-order valence-corrected chi connectivity index (χ3v) is 3.28. The second-order valence-corrected chi connectivity index (χ2v) is 5.13. The Hall–Kier alpha value is -2.45. The van der Waals surface area contributed by atoms with Gasteiger partial charge in [-0.3, -0.25) is 9.69 Å². The maximum Gasteiger partial charge on any atom is 0.320 e. The molecular formula is C15H20N6O2. The van der Waals surface area contributed by atoms with Crippen molar-refractivity contribution in [1.82, 2.24) is 24.8 Å². The first-order chi connectivity index (χ1) is 11.1. The predicted octanol–water partition coefficient (Wildman–Crippen LogP) is 0.461. The van der Waals surface area contributed by atoms with Crippen LogP contribution in [0.1, 0.15) is 24.5 Å². The Labute approximate surface area is 134 Å². The van der Waals surface area contributed by atoms with E-state index in [1.165, 1.54) is 0 Å². The van der Waals surface area contributed by atoms with Gasteiger partial charge in [0.1, 0.15) is 17.7 Å². The van der Waals surface area contributed by atoms with E-state index in [4.69, 9.17) is 10.8 Å². The van der Waals surface area contributed by atoms with Crippen molar-refractivity contribution in [3.63, 3.8) is 0 Å². The third-order valence-electron chi connectivity index (χ3n) is 3.28. The maximum atomic E-state index is 10.8. The number of aliphatic carboxylic acids is 1. The first kappa shape index (κ1) is 16.9. The van der Waals surface area contributed by atoms with Crippen LogP contribution in [0.2, 0.25) is 0 Å². The van der Waals surface area contributed by atoms with Gasteiger partial charge in [-0.25, -0.2) is 19.9 Å². The minimum Gasteiger partial charge on any atom is -0.480 e. The first-order valence-corrected chi connectivity index (χ1v) is 7.37. The summed E-state index contributed by atoms with van der Waals surface area (Å²) in [6, 6.07) is 2.69. The normalized spacial score (nSPS) is 12.3. The molecule has 3 N–H and O–H groups in total. The van der Waals surface area contributed by atoms with Crippen LogP contribution in [-0.2, 0) is 17.9 Å². The standard InChI is InChI=1S/C15H20N6O2/c16-12(15(22)23)4-1-9-21(10-13-17-5-2-6-18-13)11-14-19-7-3-8-20-14/h2-3,5-8,12H,1,4,9-11,16H2,(H,22,23). The molecule has 0 saturated heterocycles. The van der Waals surface area contributed by atoms with Crippen molar-refractivity contribution in [2.45, 2.75) is 32.0 Å². The zero-order chi connectivity index (χ0) is 16.5. The Balaban J connectivity index is 1.95. The third kappa shape index (κ3) is 6.05. The largest absolute Gasteiger partial charge is 0.480 e. The highest BCUT2D eigenvalue weighted by Gasteiger charge is 2.14. The highest BCUT2D eigenvalue weighted by Crippen LogP contribution is 2.06. The van der Waals surface area contributed by atoms with E-state index in [1.54, 1.807) is 36.9 Å².